The number of carbonyl (C=O) groups excluding carboxylic acids is 1. The average Bonchev–Trinajstić information content (AvgIpc) is 2.25. The minimum Gasteiger partial charge on any atom is -0.289 e. The summed E-state index contributed by atoms with van der Waals surface area (Å²) in [5, 5.41) is 2.25. The van der Waals surface area contributed by atoms with Gasteiger partial charge in [-0.15, -0.1) is 0 Å². The lowest BCUT2D eigenvalue weighted by atomic mass is 9.89. The molecule has 3 rings (SSSR count). The van der Waals surface area contributed by atoms with Gasteiger partial charge in [-0.05, 0) is 29.5 Å². The predicted octanol–water partition coefficient (Wildman–Crippen LogP) is 3.36. The molecule has 1 heteroatoms. The van der Waals surface area contributed by atoms with E-state index in [1.807, 2.05) is 37.3 Å². The van der Waals surface area contributed by atoms with Crippen molar-refractivity contribution < 1.29 is 4.79 Å². The Bertz CT molecular complexity index is 606. The van der Waals surface area contributed by atoms with Crippen LogP contribution in [0, 0.1) is 6.92 Å². The fourth-order valence-electron chi connectivity index (χ4n) is 2.22. The van der Waals surface area contributed by atoms with Gasteiger partial charge >= 0.3 is 0 Å². The van der Waals surface area contributed by atoms with Gasteiger partial charge in [-0.1, -0.05) is 36.4 Å². The molecule has 2 aromatic carbocycles. The van der Waals surface area contributed by atoms with Crippen LogP contribution in [0.3, 0.4) is 0 Å². The highest BCUT2D eigenvalue weighted by Gasteiger charge is 2.16. The number of rotatable bonds is 0. The molecule has 0 unspecified atom stereocenters. The van der Waals surface area contributed by atoms with Gasteiger partial charge in [-0.2, -0.15) is 0 Å². The topological polar surface area (TPSA) is 17.1 Å². The first-order valence-electron chi connectivity index (χ1n) is 5.02. The molecule has 0 N–H and O–H groups in total. The van der Waals surface area contributed by atoms with E-state index in [0.29, 0.717) is 0 Å². The molecular weight excluding hydrogens is 184 g/mol. The Kier molecular flexibility index (Phi) is 1.57. The van der Waals surface area contributed by atoms with Gasteiger partial charge in [0.25, 0.3) is 0 Å². The van der Waals surface area contributed by atoms with Crippen molar-refractivity contribution in [2.24, 2.45) is 0 Å². The lowest BCUT2D eigenvalue weighted by Gasteiger charge is -2.13. The minimum absolute atomic E-state index is 0.122. The Morgan fingerprint density at radius 3 is 2.73 bits per heavy atom. The third-order valence-electron chi connectivity index (χ3n) is 2.95. The van der Waals surface area contributed by atoms with E-state index in [0.717, 1.165) is 27.5 Å². The van der Waals surface area contributed by atoms with E-state index in [-0.39, 0.29) is 5.78 Å². The summed E-state index contributed by atoms with van der Waals surface area (Å²) in [6, 6.07) is 10.2. The zero-order valence-corrected chi connectivity index (χ0v) is 8.45. The van der Waals surface area contributed by atoms with Crippen LogP contribution >= 0.6 is 0 Å². The van der Waals surface area contributed by atoms with E-state index >= 15 is 0 Å². The molecule has 0 fully saturated rings. The number of allylic oxidation sites excluding steroid dienone is 1. The fraction of sp³-hybridized carbons (Fsp3) is 0.0714. The van der Waals surface area contributed by atoms with Gasteiger partial charge < -0.3 is 0 Å². The quantitative estimate of drug-likeness (QED) is 0.628. The van der Waals surface area contributed by atoms with Crippen LogP contribution in [0.25, 0.3) is 16.8 Å². The van der Waals surface area contributed by atoms with Crippen LogP contribution in [0.2, 0.25) is 0 Å². The highest BCUT2D eigenvalue weighted by Crippen LogP contribution is 2.30. The first-order valence-corrected chi connectivity index (χ1v) is 5.02. The molecule has 0 aliphatic heterocycles. The highest BCUT2D eigenvalue weighted by atomic mass is 16.1. The van der Waals surface area contributed by atoms with E-state index < -0.39 is 0 Å². The van der Waals surface area contributed by atoms with Crippen molar-refractivity contribution >= 4 is 22.6 Å². The Balaban J connectivity index is 2.60. The SMILES string of the molecule is Cc1ccc2cccc3c2c1C(=O)C=C3. The summed E-state index contributed by atoms with van der Waals surface area (Å²) in [4.78, 5) is 11.8. The van der Waals surface area contributed by atoms with Crippen LogP contribution in [-0.4, -0.2) is 5.78 Å². The number of benzene rings is 2. The minimum atomic E-state index is 0.122. The lowest BCUT2D eigenvalue weighted by Crippen LogP contribution is -2.03. The second-order valence-corrected chi connectivity index (χ2v) is 3.90. The van der Waals surface area contributed by atoms with Crippen molar-refractivity contribution in [3.63, 3.8) is 0 Å². The molecule has 0 bridgehead atoms. The first kappa shape index (κ1) is 8.42. The largest absolute Gasteiger partial charge is 0.289 e. The van der Waals surface area contributed by atoms with E-state index in [2.05, 4.69) is 6.07 Å². The van der Waals surface area contributed by atoms with Gasteiger partial charge in [0.15, 0.2) is 5.78 Å². The molecule has 15 heavy (non-hydrogen) atoms. The number of hydrogen-bond donors (Lipinski definition) is 0. The molecule has 0 saturated carbocycles. The molecule has 72 valence electrons. The Labute approximate surface area is 88.0 Å². The molecule has 1 aliphatic rings. The third-order valence-corrected chi connectivity index (χ3v) is 2.95. The number of ketones is 1. The van der Waals surface area contributed by atoms with Gasteiger partial charge in [0.2, 0.25) is 0 Å². The van der Waals surface area contributed by atoms with Crippen molar-refractivity contribution in [2.75, 3.05) is 0 Å². The normalized spacial score (nSPS) is 13.5. The molecule has 1 aliphatic carbocycles. The van der Waals surface area contributed by atoms with Gasteiger partial charge in [-0.25, -0.2) is 0 Å². The van der Waals surface area contributed by atoms with Gasteiger partial charge in [0, 0.05) is 10.9 Å². The van der Waals surface area contributed by atoms with E-state index in [1.165, 1.54) is 0 Å². The zero-order chi connectivity index (χ0) is 10.4. The molecule has 0 aromatic heterocycles. The highest BCUT2D eigenvalue weighted by molar-refractivity contribution is 6.20. The summed E-state index contributed by atoms with van der Waals surface area (Å²) in [5.41, 5.74) is 3.07. The molecular formula is C14H10O. The molecule has 1 nitrogen and oxygen atoms in total. The van der Waals surface area contributed by atoms with Crippen LogP contribution in [0.5, 0.6) is 0 Å². The van der Waals surface area contributed by atoms with Gasteiger partial charge in [0.1, 0.15) is 0 Å². The molecule has 0 amide bonds. The summed E-state index contributed by atoms with van der Waals surface area (Å²) in [6.45, 7) is 1.99. The smallest absolute Gasteiger partial charge is 0.186 e. The predicted molar refractivity (Wildman–Crippen MR) is 62.0 cm³/mol. The van der Waals surface area contributed by atoms with Crippen LogP contribution in [0.15, 0.2) is 36.4 Å². The van der Waals surface area contributed by atoms with Gasteiger partial charge in [0.05, 0.1) is 0 Å². The van der Waals surface area contributed by atoms with E-state index in [9.17, 15) is 4.79 Å². The Morgan fingerprint density at radius 2 is 1.87 bits per heavy atom. The summed E-state index contributed by atoms with van der Waals surface area (Å²) in [6.07, 6.45) is 3.56. The van der Waals surface area contributed by atoms with E-state index in [4.69, 9.17) is 0 Å². The van der Waals surface area contributed by atoms with Crippen molar-refractivity contribution in [1.82, 2.24) is 0 Å². The summed E-state index contributed by atoms with van der Waals surface area (Å²) in [7, 11) is 0. The van der Waals surface area contributed by atoms with Crippen LogP contribution in [-0.2, 0) is 0 Å². The molecule has 0 radical (unpaired) electrons. The fourth-order valence-corrected chi connectivity index (χ4v) is 2.22. The second-order valence-electron chi connectivity index (χ2n) is 3.90. The summed E-state index contributed by atoms with van der Waals surface area (Å²) < 4.78 is 0. The average molecular weight is 194 g/mol. The third kappa shape index (κ3) is 1.06. The van der Waals surface area contributed by atoms with Crippen LogP contribution < -0.4 is 0 Å². The molecule has 0 spiro atoms. The maximum Gasteiger partial charge on any atom is 0.186 e. The Morgan fingerprint density at radius 1 is 1.00 bits per heavy atom. The monoisotopic (exact) mass is 194 g/mol. The zero-order valence-electron chi connectivity index (χ0n) is 8.45. The molecule has 0 saturated heterocycles. The molecule has 0 heterocycles. The van der Waals surface area contributed by atoms with Gasteiger partial charge in [-0.3, -0.25) is 4.79 Å². The number of carbonyl (C=O) groups is 1. The number of hydrogen-bond acceptors (Lipinski definition) is 1. The molecule has 0 atom stereocenters. The molecule has 2 aromatic rings. The van der Waals surface area contributed by atoms with Crippen molar-refractivity contribution in [3.8, 4) is 0 Å². The maximum atomic E-state index is 11.8. The Hall–Kier alpha value is -1.89. The second kappa shape index (κ2) is 2.80. The van der Waals surface area contributed by atoms with E-state index in [1.54, 1.807) is 6.08 Å². The summed E-state index contributed by atoms with van der Waals surface area (Å²) in [5.74, 6) is 0.122. The summed E-state index contributed by atoms with van der Waals surface area (Å²) >= 11 is 0. The van der Waals surface area contributed by atoms with Crippen LogP contribution in [0.1, 0.15) is 21.5 Å². The van der Waals surface area contributed by atoms with Crippen molar-refractivity contribution in [3.05, 3.63) is 53.1 Å². The number of aryl methyl sites for hydroxylation is 1. The van der Waals surface area contributed by atoms with Crippen molar-refractivity contribution in [1.29, 1.82) is 0 Å². The van der Waals surface area contributed by atoms with Crippen LogP contribution in [0.4, 0.5) is 0 Å². The lowest BCUT2D eigenvalue weighted by molar-refractivity contribution is 0.104. The maximum absolute atomic E-state index is 11.8. The van der Waals surface area contributed by atoms with Crippen molar-refractivity contribution in [2.45, 2.75) is 6.92 Å². The first-order chi connectivity index (χ1) is 7.27. The standard InChI is InChI=1S/C14H10O/c1-9-5-6-10-3-2-4-11-7-8-12(15)13(9)14(10)11/h2-8H,1H3.